The standard InChI is InChI=1S/C25H31N3O2/c1-19(16-18-28-20(2)26-22-14-8-9-15-23(22)28)11-10-17-25(3,4)30-24(29)27-21-12-6-5-7-13-21/h5-9,12-16H,10-11,17-18H2,1-4H3,(H,27,29)/b19-16+. The normalized spacial score (nSPS) is 12.2. The maximum Gasteiger partial charge on any atom is 0.412 e. The van der Waals surface area contributed by atoms with E-state index < -0.39 is 11.7 Å². The number of nitrogens with one attached hydrogen (secondary N) is 1. The zero-order valence-corrected chi connectivity index (χ0v) is 18.3. The van der Waals surface area contributed by atoms with Gasteiger partial charge in [-0.25, -0.2) is 9.78 Å². The Labute approximate surface area is 178 Å². The van der Waals surface area contributed by atoms with E-state index >= 15 is 0 Å². The van der Waals surface area contributed by atoms with Gasteiger partial charge in [0.1, 0.15) is 11.4 Å². The van der Waals surface area contributed by atoms with Crippen molar-refractivity contribution in [3.63, 3.8) is 0 Å². The first kappa shape index (κ1) is 21.6. The number of carbonyl (C=O) groups excluding carboxylic acids is 1. The molecule has 0 saturated heterocycles. The highest BCUT2D eigenvalue weighted by molar-refractivity contribution is 5.84. The summed E-state index contributed by atoms with van der Waals surface area (Å²) in [6.07, 6.45) is 4.57. The molecule has 1 amide bonds. The lowest BCUT2D eigenvalue weighted by Crippen LogP contribution is -2.30. The van der Waals surface area contributed by atoms with Crippen LogP contribution in [0.25, 0.3) is 11.0 Å². The Morgan fingerprint density at radius 3 is 2.60 bits per heavy atom. The highest BCUT2D eigenvalue weighted by Crippen LogP contribution is 2.22. The van der Waals surface area contributed by atoms with E-state index in [1.54, 1.807) is 0 Å². The minimum atomic E-state index is -0.518. The number of para-hydroxylation sites is 3. The van der Waals surface area contributed by atoms with Crippen molar-refractivity contribution in [3.05, 3.63) is 72.1 Å². The van der Waals surface area contributed by atoms with Gasteiger partial charge in [0.25, 0.3) is 0 Å². The molecule has 5 nitrogen and oxygen atoms in total. The number of imidazole rings is 1. The number of aryl methyl sites for hydroxylation is 1. The number of carbonyl (C=O) groups is 1. The molecular formula is C25H31N3O2. The topological polar surface area (TPSA) is 56.2 Å². The van der Waals surface area contributed by atoms with Crippen molar-refractivity contribution in [2.24, 2.45) is 0 Å². The van der Waals surface area contributed by atoms with Crippen LogP contribution in [0.1, 0.15) is 45.9 Å². The van der Waals surface area contributed by atoms with Crippen molar-refractivity contribution in [3.8, 4) is 0 Å². The maximum absolute atomic E-state index is 12.1. The van der Waals surface area contributed by atoms with Crippen LogP contribution in [-0.2, 0) is 11.3 Å². The summed E-state index contributed by atoms with van der Waals surface area (Å²) in [5.74, 6) is 1.03. The first-order valence-electron chi connectivity index (χ1n) is 10.5. The van der Waals surface area contributed by atoms with E-state index in [2.05, 4.69) is 33.9 Å². The third-order valence-corrected chi connectivity index (χ3v) is 5.21. The fraction of sp³-hybridized carbons (Fsp3) is 0.360. The lowest BCUT2D eigenvalue weighted by molar-refractivity contribution is 0.0410. The molecule has 0 atom stereocenters. The molecule has 3 aromatic rings. The zero-order chi connectivity index (χ0) is 21.6. The van der Waals surface area contributed by atoms with Gasteiger partial charge in [-0.05, 0) is 71.2 Å². The Morgan fingerprint density at radius 1 is 1.13 bits per heavy atom. The van der Waals surface area contributed by atoms with Gasteiger partial charge in [0.05, 0.1) is 11.0 Å². The van der Waals surface area contributed by atoms with Crippen molar-refractivity contribution >= 4 is 22.8 Å². The third-order valence-electron chi connectivity index (χ3n) is 5.21. The van der Waals surface area contributed by atoms with Crippen molar-refractivity contribution in [2.75, 3.05) is 5.32 Å². The van der Waals surface area contributed by atoms with Crippen molar-refractivity contribution < 1.29 is 9.53 Å². The fourth-order valence-electron chi connectivity index (χ4n) is 3.54. The van der Waals surface area contributed by atoms with Crippen molar-refractivity contribution in [1.29, 1.82) is 0 Å². The second-order valence-electron chi connectivity index (χ2n) is 8.30. The summed E-state index contributed by atoms with van der Waals surface area (Å²) in [7, 11) is 0. The van der Waals surface area contributed by atoms with Gasteiger partial charge >= 0.3 is 6.09 Å². The van der Waals surface area contributed by atoms with Crippen LogP contribution >= 0.6 is 0 Å². The van der Waals surface area contributed by atoms with Gasteiger partial charge in [-0.3, -0.25) is 5.32 Å². The second-order valence-corrected chi connectivity index (χ2v) is 8.30. The molecule has 30 heavy (non-hydrogen) atoms. The molecule has 0 aliphatic carbocycles. The number of fused-ring (bicyclic) bond motifs is 1. The number of anilines is 1. The molecule has 3 rings (SSSR count). The molecule has 1 heterocycles. The zero-order valence-electron chi connectivity index (χ0n) is 18.3. The third kappa shape index (κ3) is 5.96. The molecule has 0 radical (unpaired) electrons. The minimum absolute atomic E-state index is 0.416. The summed E-state index contributed by atoms with van der Waals surface area (Å²) in [5.41, 5.74) is 3.75. The van der Waals surface area contributed by atoms with E-state index in [1.165, 1.54) is 5.57 Å². The first-order chi connectivity index (χ1) is 14.3. The predicted octanol–water partition coefficient (Wildman–Crippen LogP) is 6.49. The Morgan fingerprint density at radius 2 is 1.83 bits per heavy atom. The lowest BCUT2D eigenvalue weighted by Gasteiger charge is -2.25. The number of rotatable bonds is 8. The molecule has 0 unspecified atom stereocenters. The molecule has 0 aliphatic rings. The number of benzene rings is 2. The first-order valence-corrected chi connectivity index (χ1v) is 10.5. The van der Waals surface area contributed by atoms with Gasteiger partial charge in [0, 0.05) is 12.2 Å². The molecule has 5 heteroatoms. The molecule has 1 aromatic heterocycles. The monoisotopic (exact) mass is 405 g/mol. The lowest BCUT2D eigenvalue weighted by atomic mass is 9.99. The van der Waals surface area contributed by atoms with E-state index in [0.717, 1.165) is 48.4 Å². The second kappa shape index (κ2) is 9.61. The molecular weight excluding hydrogens is 374 g/mol. The summed E-state index contributed by atoms with van der Waals surface area (Å²) in [6.45, 7) is 8.93. The molecule has 0 spiro atoms. The van der Waals surface area contributed by atoms with E-state index in [4.69, 9.17) is 4.74 Å². The van der Waals surface area contributed by atoms with E-state index in [9.17, 15) is 4.79 Å². The van der Waals surface area contributed by atoms with Crippen LogP contribution < -0.4 is 5.32 Å². The van der Waals surface area contributed by atoms with Gasteiger partial charge in [-0.1, -0.05) is 42.0 Å². The number of amides is 1. The van der Waals surface area contributed by atoms with Crippen LogP contribution in [0, 0.1) is 6.92 Å². The van der Waals surface area contributed by atoms with Gasteiger partial charge in [0.15, 0.2) is 0 Å². The van der Waals surface area contributed by atoms with Gasteiger partial charge in [-0.15, -0.1) is 0 Å². The number of hydrogen-bond donors (Lipinski definition) is 1. The predicted molar refractivity (Wildman–Crippen MR) is 123 cm³/mol. The van der Waals surface area contributed by atoms with Gasteiger partial charge in [0.2, 0.25) is 0 Å². The quantitative estimate of drug-likeness (QED) is 0.436. The van der Waals surface area contributed by atoms with Gasteiger partial charge < -0.3 is 9.30 Å². The highest BCUT2D eigenvalue weighted by atomic mass is 16.6. The Bertz CT molecular complexity index is 1020. The average molecular weight is 406 g/mol. The SMILES string of the molecule is C/C(=C\Cn1c(C)nc2ccccc21)CCCC(C)(C)OC(=O)Nc1ccccc1. The molecule has 0 bridgehead atoms. The summed E-state index contributed by atoms with van der Waals surface area (Å²) in [6, 6.07) is 17.6. The van der Waals surface area contributed by atoms with E-state index in [1.807, 2.05) is 69.3 Å². The van der Waals surface area contributed by atoms with Crippen molar-refractivity contribution in [1.82, 2.24) is 9.55 Å². The average Bonchev–Trinajstić information content (AvgIpc) is 3.01. The molecule has 1 N–H and O–H groups in total. The number of nitrogens with zero attached hydrogens (tertiary/aromatic N) is 2. The molecule has 158 valence electrons. The Balaban J connectivity index is 1.47. The molecule has 2 aromatic carbocycles. The van der Waals surface area contributed by atoms with Crippen LogP contribution in [0.4, 0.5) is 10.5 Å². The van der Waals surface area contributed by atoms with Crippen LogP contribution in [0.2, 0.25) is 0 Å². The minimum Gasteiger partial charge on any atom is -0.443 e. The van der Waals surface area contributed by atoms with Crippen LogP contribution in [0.15, 0.2) is 66.2 Å². The Hall–Kier alpha value is -3.08. The van der Waals surface area contributed by atoms with E-state index in [0.29, 0.717) is 0 Å². The maximum atomic E-state index is 12.1. The van der Waals surface area contributed by atoms with Crippen LogP contribution in [-0.4, -0.2) is 21.2 Å². The summed E-state index contributed by atoms with van der Waals surface area (Å²) >= 11 is 0. The Kier molecular flexibility index (Phi) is 6.93. The number of ether oxygens (including phenoxy) is 1. The summed E-state index contributed by atoms with van der Waals surface area (Å²) in [4.78, 5) is 16.8. The largest absolute Gasteiger partial charge is 0.443 e. The molecule has 0 fully saturated rings. The summed E-state index contributed by atoms with van der Waals surface area (Å²) in [5, 5.41) is 2.77. The molecule has 0 saturated carbocycles. The van der Waals surface area contributed by atoms with E-state index in [-0.39, 0.29) is 0 Å². The molecule has 0 aliphatic heterocycles. The van der Waals surface area contributed by atoms with Crippen LogP contribution in [0.5, 0.6) is 0 Å². The number of aromatic nitrogens is 2. The van der Waals surface area contributed by atoms with Crippen molar-refractivity contribution in [2.45, 2.75) is 59.1 Å². The summed E-state index contributed by atoms with van der Waals surface area (Å²) < 4.78 is 7.86. The smallest absolute Gasteiger partial charge is 0.412 e. The van der Waals surface area contributed by atoms with Gasteiger partial charge in [-0.2, -0.15) is 0 Å². The number of hydrogen-bond acceptors (Lipinski definition) is 3. The van der Waals surface area contributed by atoms with Crippen LogP contribution in [0.3, 0.4) is 0 Å². The highest BCUT2D eigenvalue weighted by Gasteiger charge is 2.22. The fourth-order valence-corrected chi connectivity index (χ4v) is 3.54. The number of allylic oxidation sites excluding steroid dienone is 2.